The summed E-state index contributed by atoms with van der Waals surface area (Å²) in [4.78, 5) is 16.0. The lowest BCUT2D eigenvalue weighted by Crippen LogP contribution is -2.24. The van der Waals surface area contributed by atoms with Crippen LogP contribution in [0.25, 0.3) is 0 Å². The molecule has 1 aromatic rings. The maximum absolute atomic E-state index is 13.8. The summed E-state index contributed by atoms with van der Waals surface area (Å²) in [7, 11) is 1.60. The molecule has 0 aliphatic rings. The lowest BCUT2D eigenvalue weighted by atomic mass is 10.2. The number of carbonyl (C=O) groups is 1. The number of pyridine rings is 1. The summed E-state index contributed by atoms with van der Waals surface area (Å²) in [6.45, 7) is 2.02. The van der Waals surface area contributed by atoms with E-state index in [-0.39, 0.29) is 5.82 Å². The molecule has 94 valence electrons. The van der Waals surface area contributed by atoms with Crippen LogP contribution in [0.5, 0.6) is 0 Å². The predicted octanol–water partition coefficient (Wildman–Crippen LogP) is 1.13. The zero-order valence-corrected chi connectivity index (χ0v) is 9.72. The predicted molar refractivity (Wildman–Crippen MR) is 60.7 cm³/mol. The number of rotatable bonds is 5. The number of carboxylic acids is 1. The number of nitrogens with zero attached hydrogens (tertiary/aromatic N) is 2. The van der Waals surface area contributed by atoms with Gasteiger partial charge in [-0.3, -0.25) is 0 Å². The maximum Gasteiger partial charge on any atom is 0.338 e. The molecule has 2 N–H and O–H groups in total. The Hall–Kier alpha value is -1.69. The number of hydrogen-bond donors (Lipinski definition) is 2. The van der Waals surface area contributed by atoms with Gasteiger partial charge in [-0.1, -0.05) is 0 Å². The Morgan fingerprint density at radius 1 is 1.65 bits per heavy atom. The minimum atomic E-state index is -1.32. The van der Waals surface area contributed by atoms with Crippen molar-refractivity contribution in [2.45, 2.75) is 19.4 Å². The molecule has 5 nitrogen and oxygen atoms in total. The second kappa shape index (κ2) is 5.58. The molecular weight excluding hydrogens is 227 g/mol. The van der Waals surface area contributed by atoms with Gasteiger partial charge < -0.3 is 15.1 Å². The molecule has 1 heterocycles. The summed E-state index contributed by atoms with van der Waals surface area (Å²) >= 11 is 0. The molecule has 6 heteroatoms. The molecular formula is C11H15FN2O3. The van der Waals surface area contributed by atoms with E-state index in [1.807, 2.05) is 0 Å². The summed E-state index contributed by atoms with van der Waals surface area (Å²) in [6.07, 6.45) is 1.21. The molecule has 0 radical (unpaired) electrons. The van der Waals surface area contributed by atoms with Gasteiger partial charge in [0.1, 0.15) is 5.56 Å². The fourth-order valence-corrected chi connectivity index (χ4v) is 1.35. The molecule has 0 fully saturated rings. The maximum atomic E-state index is 13.8. The summed E-state index contributed by atoms with van der Waals surface area (Å²) in [5.74, 6) is -2.20. The van der Waals surface area contributed by atoms with E-state index in [4.69, 9.17) is 10.2 Å². The zero-order chi connectivity index (χ0) is 13.0. The SMILES string of the molecule is CC(O)CCN(C)c1nccc(C(=O)O)c1F. The van der Waals surface area contributed by atoms with Crippen molar-refractivity contribution in [3.05, 3.63) is 23.6 Å². The van der Waals surface area contributed by atoms with Gasteiger partial charge in [0, 0.05) is 19.8 Å². The normalized spacial score (nSPS) is 12.2. The Morgan fingerprint density at radius 3 is 2.82 bits per heavy atom. The van der Waals surface area contributed by atoms with E-state index in [0.717, 1.165) is 6.07 Å². The summed E-state index contributed by atoms with van der Waals surface area (Å²) in [5.41, 5.74) is -0.404. The standard InChI is InChI=1S/C11H15FN2O3/c1-7(15)4-6-14(2)10-9(12)8(11(16)17)3-5-13-10/h3,5,7,15H,4,6H2,1-2H3,(H,16,17). The fraction of sp³-hybridized carbons (Fsp3) is 0.455. The highest BCUT2D eigenvalue weighted by Crippen LogP contribution is 2.18. The first-order chi connectivity index (χ1) is 7.93. The number of carboxylic acid groups (broad SMARTS) is 1. The van der Waals surface area contributed by atoms with Crippen LogP contribution in [0.15, 0.2) is 12.3 Å². The van der Waals surface area contributed by atoms with E-state index >= 15 is 0 Å². The van der Waals surface area contributed by atoms with E-state index in [2.05, 4.69) is 4.98 Å². The number of anilines is 1. The van der Waals surface area contributed by atoms with Crippen molar-refractivity contribution in [3.63, 3.8) is 0 Å². The first-order valence-corrected chi connectivity index (χ1v) is 5.20. The van der Waals surface area contributed by atoms with Crippen LogP contribution < -0.4 is 4.90 Å². The van der Waals surface area contributed by atoms with Gasteiger partial charge in [0.15, 0.2) is 11.6 Å². The highest BCUT2D eigenvalue weighted by molar-refractivity contribution is 5.88. The van der Waals surface area contributed by atoms with Gasteiger partial charge in [0.05, 0.1) is 6.10 Å². The monoisotopic (exact) mass is 242 g/mol. The van der Waals surface area contributed by atoms with Gasteiger partial charge >= 0.3 is 5.97 Å². The minimum Gasteiger partial charge on any atom is -0.478 e. The number of hydrogen-bond acceptors (Lipinski definition) is 4. The Balaban J connectivity index is 2.90. The summed E-state index contributed by atoms with van der Waals surface area (Å²) in [6, 6.07) is 1.11. The lowest BCUT2D eigenvalue weighted by Gasteiger charge is -2.19. The average Bonchev–Trinajstić information content (AvgIpc) is 2.25. The Bertz CT molecular complexity index is 410. The van der Waals surface area contributed by atoms with Crippen LogP contribution in [0.4, 0.5) is 10.2 Å². The molecule has 0 bridgehead atoms. The minimum absolute atomic E-state index is 0.0226. The lowest BCUT2D eigenvalue weighted by molar-refractivity contribution is 0.0691. The number of aromatic carboxylic acids is 1. The van der Waals surface area contributed by atoms with E-state index in [0.29, 0.717) is 13.0 Å². The van der Waals surface area contributed by atoms with Crippen LogP contribution in [0.1, 0.15) is 23.7 Å². The summed E-state index contributed by atoms with van der Waals surface area (Å²) < 4.78 is 13.8. The first kappa shape index (κ1) is 13.4. The van der Waals surface area contributed by atoms with Crippen molar-refractivity contribution in [3.8, 4) is 0 Å². The van der Waals surface area contributed by atoms with Crippen LogP contribution >= 0.6 is 0 Å². The number of aliphatic hydroxyl groups excluding tert-OH is 1. The Morgan fingerprint density at radius 2 is 2.29 bits per heavy atom. The molecule has 0 aromatic carbocycles. The molecule has 0 saturated heterocycles. The van der Waals surface area contributed by atoms with Crippen molar-refractivity contribution in [1.29, 1.82) is 0 Å². The number of aromatic nitrogens is 1. The van der Waals surface area contributed by atoms with Gasteiger partial charge in [-0.2, -0.15) is 0 Å². The molecule has 1 rings (SSSR count). The van der Waals surface area contributed by atoms with E-state index in [9.17, 15) is 9.18 Å². The largest absolute Gasteiger partial charge is 0.478 e. The van der Waals surface area contributed by atoms with Crippen molar-refractivity contribution >= 4 is 11.8 Å². The fourth-order valence-electron chi connectivity index (χ4n) is 1.35. The van der Waals surface area contributed by atoms with Crippen LogP contribution in [-0.4, -0.2) is 40.9 Å². The van der Waals surface area contributed by atoms with Gasteiger partial charge in [-0.25, -0.2) is 14.2 Å². The summed E-state index contributed by atoms with van der Waals surface area (Å²) in [5, 5.41) is 17.9. The van der Waals surface area contributed by atoms with E-state index in [1.54, 1.807) is 14.0 Å². The third-order valence-corrected chi connectivity index (χ3v) is 2.35. The Labute approximate surface area is 98.5 Å². The number of aliphatic hydroxyl groups is 1. The second-order valence-corrected chi connectivity index (χ2v) is 3.86. The van der Waals surface area contributed by atoms with E-state index < -0.39 is 23.5 Å². The van der Waals surface area contributed by atoms with Crippen LogP contribution in [-0.2, 0) is 0 Å². The Kier molecular flexibility index (Phi) is 4.39. The molecule has 0 aliphatic carbocycles. The van der Waals surface area contributed by atoms with Gasteiger partial charge in [-0.05, 0) is 19.4 Å². The van der Waals surface area contributed by atoms with Gasteiger partial charge in [-0.15, -0.1) is 0 Å². The van der Waals surface area contributed by atoms with E-state index in [1.165, 1.54) is 11.1 Å². The highest BCUT2D eigenvalue weighted by atomic mass is 19.1. The highest BCUT2D eigenvalue weighted by Gasteiger charge is 2.17. The molecule has 0 amide bonds. The second-order valence-electron chi connectivity index (χ2n) is 3.86. The van der Waals surface area contributed by atoms with Gasteiger partial charge in [0.25, 0.3) is 0 Å². The molecule has 17 heavy (non-hydrogen) atoms. The number of halogens is 1. The van der Waals surface area contributed by atoms with Crippen molar-refractivity contribution < 1.29 is 19.4 Å². The third kappa shape index (κ3) is 3.39. The molecule has 1 unspecified atom stereocenters. The molecule has 1 atom stereocenters. The van der Waals surface area contributed by atoms with Gasteiger partial charge in [0.2, 0.25) is 0 Å². The van der Waals surface area contributed by atoms with Crippen LogP contribution in [0.2, 0.25) is 0 Å². The molecule has 0 saturated carbocycles. The van der Waals surface area contributed by atoms with Crippen molar-refractivity contribution in [1.82, 2.24) is 4.98 Å². The van der Waals surface area contributed by atoms with Crippen molar-refractivity contribution in [2.24, 2.45) is 0 Å². The first-order valence-electron chi connectivity index (χ1n) is 5.20. The van der Waals surface area contributed by atoms with Crippen LogP contribution in [0.3, 0.4) is 0 Å². The average molecular weight is 242 g/mol. The smallest absolute Gasteiger partial charge is 0.338 e. The van der Waals surface area contributed by atoms with Crippen LogP contribution in [0, 0.1) is 5.82 Å². The zero-order valence-electron chi connectivity index (χ0n) is 9.72. The quantitative estimate of drug-likeness (QED) is 0.809. The molecule has 1 aromatic heterocycles. The molecule has 0 aliphatic heterocycles. The topological polar surface area (TPSA) is 73.7 Å². The van der Waals surface area contributed by atoms with Crippen molar-refractivity contribution in [2.75, 3.05) is 18.5 Å². The third-order valence-electron chi connectivity index (χ3n) is 2.35. The molecule has 0 spiro atoms.